The standard InChI is InChI=1S/C13H11NO2/c14-8-12-11(6-10(15)7-13(12)16)9-4-2-1-3-5-9/h1-5,11-12H,6-7H2/t11-,12-/m0/s1. The maximum absolute atomic E-state index is 11.6. The Labute approximate surface area is 93.7 Å². The Morgan fingerprint density at radius 3 is 2.50 bits per heavy atom. The van der Waals surface area contributed by atoms with Gasteiger partial charge < -0.3 is 0 Å². The van der Waals surface area contributed by atoms with Crippen molar-refractivity contribution in [3.63, 3.8) is 0 Å². The number of rotatable bonds is 1. The monoisotopic (exact) mass is 213 g/mol. The lowest BCUT2D eigenvalue weighted by molar-refractivity contribution is -0.132. The van der Waals surface area contributed by atoms with Crippen molar-refractivity contribution in [2.75, 3.05) is 0 Å². The number of nitriles is 1. The summed E-state index contributed by atoms with van der Waals surface area (Å²) >= 11 is 0. The molecule has 1 aromatic carbocycles. The highest BCUT2D eigenvalue weighted by Gasteiger charge is 2.36. The predicted octanol–water partition coefficient (Wildman–Crippen LogP) is 1.84. The zero-order valence-corrected chi connectivity index (χ0v) is 8.72. The van der Waals surface area contributed by atoms with E-state index in [0.717, 1.165) is 5.56 Å². The van der Waals surface area contributed by atoms with Gasteiger partial charge in [-0.1, -0.05) is 30.3 Å². The number of carbonyl (C=O) groups is 2. The van der Waals surface area contributed by atoms with E-state index in [4.69, 9.17) is 5.26 Å². The lowest BCUT2D eigenvalue weighted by Crippen LogP contribution is -2.30. The SMILES string of the molecule is N#C[C@@H]1C(=O)CC(=O)C[C@H]1c1ccccc1. The van der Waals surface area contributed by atoms with E-state index in [2.05, 4.69) is 0 Å². The van der Waals surface area contributed by atoms with E-state index in [9.17, 15) is 9.59 Å². The number of nitrogens with zero attached hydrogens (tertiary/aromatic N) is 1. The zero-order chi connectivity index (χ0) is 11.5. The van der Waals surface area contributed by atoms with Gasteiger partial charge in [0.1, 0.15) is 11.7 Å². The summed E-state index contributed by atoms with van der Waals surface area (Å²) < 4.78 is 0. The molecule has 0 unspecified atom stereocenters. The molecule has 1 aliphatic carbocycles. The molecule has 1 fully saturated rings. The number of benzene rings is 1. The van der Waals surface area contributed by atoms with Crippen LogP contribution in [-0.2, 0) is 9.59 Å². The zero-order valence-electron chi connectivity index (χ0n) is 8.72. The first-order valence-electron chi connectivity index (χ1n) is 5.21. The molecule has 0 bridgehead atoms. The molecule has 0 amide bonds. The van der Waals surface area contributed by atoms with Gasteiger partial charge in [-0.05, 0) is 5.56 Å². The van der Waals surface area contributed by atoms with Gasteiger partial charge in [-0.2, -0.15) is 5.26 Å². The summed E-state index contributed by atoms with van der Waals surface area (Å²) in [6.07, 6.45) is 0.218. The fraction of sp³-hybridized carbons (Fsp3) is 0.308. The molecule has 0 radical (unpaired) electrons. The van der Waals surface area contributed by atoms with Gasteiger partial charge in [-0.25, -0.2) is 0 Å². The molecule has 80 valence electrons. The molecule has 1 saturated carbocycles. The molecule has 0 aromatic heterocycles. The second kappa shape index (κ2) is 4.28. The van der Waals surface area contributed by atoms with Crippen molar-refractivity contribution in [3.8, 4) is 6.07 Å². The minimum atomic E-state index is -0.667. The van der Waals surface area contributed by atoms with Gasteiger partial charge in [0.05, 0.1) is 12.5 Å². The third-order valence-corrected chi connectivity index (χ3v) is 2.94. The van der Waals surface area contributed by atoms with Crippen molar-refractivity contribution >= 4 is 11.6 Å². The van der Waals surface area contributed by atoms with Gasteiger partial charge in [0.2, 0.25) is 0 Å². The quantitative estimate of drug-likeness (QED) is 0.669. The first kappa shape index (κ1) is 10.6. The van der Waals surface area contributed by atoms with Crippen LogP contribution in [0.15, 0.2) is 30.3 Å². The lowest BCUT2D eigenvalue weighted by atomic mass is 9.75. The number of hydrogen-bond donors (Lipinski definition) is 0. The van der Waals surface area contributed by atoms with Crippen molar-refractivity contribution in [1.29, 1.82) is 5.26 Å². The van der Waals surface area contributed by atoms with Crippen molar-refractivity contribution in [1.82, 2.24) is 0 Å². The van der Waals surface area contributed by atoms with E-state index >= 15 is 0 Å². The topological polar surface area (TPSA) is 57.9 Å². The van der Waals surface area contributed by atoms with Crippen LogP contribution in [-0.4, -0.2) is 11.6 Å². The summed E-state index contributed by atoms with van der Waals surface area (Å²) in [5, 5.41) is 9.00. The fourth-order valence-corrected chi connectivity index (χ4v) is 2.14. The smallest absolute Gasteiger partial charge is 0.157 e. The first-order valence-corrected chi connectivity index (χ1v) is 5.21. The Balaban J connectivity index is 2.35. The Morgan fingerprint density at radius 1 is 1.19 bits per heavy atom. The van der Waals surface area contributed by atoms with Crippen LogP contribution in [0.1, 0.15) is 24.3 Å². The number of Topliss-reactive ketones (excluding diaryl/α,β-unsaturated/α-hetero) is 2. The molecule has 2 atom stereocenters. The Hall–Kier alpha value is -1.95. The molecule has 0 N–H and O–H groups in total. The maximum Gasteiger partial charge on any atom is 0.157 e. The van der Waals surface area contributed by atoms with E-state index in [-0.39, 0.29) is 23.9 Å². The number of carbonyl (C=O) groups excluding carboxylic acids is 2. The van der Waals surface area contributed by atoms with E-state index in [0.29, 0.717) is 6.42 Å². The minimum Gasteiger partial charge on any atom is -0.299 e. The van der Waals surface area contributed by atoms with E-state index in [1.807, 2.05) is 36.4 Å². The van der Waals surface area contributed by atoms with Crippen LogP contribution in [0.2, 0.25) is 0 Å². The van der Waals surface area contributed by atoms with Crippen LogP contribution in [0, 0.1) is 17.2 Å². The second-order valence-electron chi connectivity index (χ2n) is 4.01. The van der Waals surface area contributed by atoms with Crippen LogP contribution < -0.4 is 0 Å². The highest BCUT2D eigenvalue weighted by molar-refractivity contribution is 6.04. The summed E-state index contributed by atoms with van der Waals surface area (Å²) in [5.74, 6) is -1.24. The maximum atomic E-state index is 11.6. The van der Waals surface area contributed by atoms with Gasteiger partial charge in [-0.3, -0.25) is 9.59 Å². The molecule has 16 heavy (non-hydrogen) atoms. The molecule has 0 spiro atoms. The van der Waals surface area contributed by atoms with Crippen molar-refractivity contribution < 1.29 is 9.59 Å². The summed E-state index contributed by atoms with van der Waals surface area (Å²) in [5.41, 5.74) is 0.899. The Bertz CT molecular complexity index is 459. The summed E-state index contributed by atoms with van der Waals surface area (Å²) in [7, 11) is 0. The van der Waals surface area contributed by atoms with E-state index in [1.165, 1.54) is 0 Å². The van der Waals surface area contributed by atoms with Gasteiger partial charge in [0, 0.05) is 12.3 Å². The molecule has 1 aliphatic rings. The van der Waals surface area contributed by atoms with Crippen LogP contribution in [0.25, 0.3) is 0 Å². The first-order chi connectivity index (χ1) is 7.72. The molecular formula is C13H11NO2. The van der Waals surface area contributed by atoms with Gasteiger partial charge in [0.15, 0.2) is 5.78 Å². The van der Waals surface area contributed by atoms with Gasteiger partial charge in [0.25, 0.3) is 0 Å². The second-order valence-corrected chi connectivity index (χ2v) is 4.01. The van der Waals surface area contributed by atoms with Crippen molar-refractivity contribution in [2.45, 2.75) is 18.8 Å². The van der Waals surface area contributed by atoms with Crippen LogP contribution in [0.5, 0.6) is 0 Å². The predicted molar refractivity (Wildman–Crippen MR) is 57.5 cm³/mol. The molecule has 0 saturated heterocycles. The molecule has 2 rings (SSSR count). The van der Waals surface area contributed by atoms with Crippen molar-refractivity contribution in [3.05, 3.63) is 35.9 Å². The molecular weight excluding hydrogens is 202 g/mol. The largest absolute Gasteiger partial charge is 0.299 e. The number of hydrogen-bond acceptors (Lipinski definition) is 3. The van der Waals surface area contributed by atoms with Crippen LogP contribution in [0.4, 0.5) is 0 Å². The minimum absolute atomic E-state index is 0.0645. The summed E-state index contributed by atoms with van der Waals surface area (Å²) in [6, 6.07) is 11.3. The summed E-state index contributed by atoms with van der Waals surface area (Å²) in [6.45, 7) is 0. The van der Waals surface area contributed by atoms with E-state index < -0.39 is 5.92 Å². The third-order valence-electron chi connectivity index (χ3n) is 2.94. The van der Waals surface area contributed by atoms with Gasteiger partial charge in [-0.15, -0.1) is 0 Å². The normalized spacial score (nSPS) is 25.2. The lowest BCUT2D eigenvalue weighted by Gasteiger charge is -2.25. The average molecular weight is 213 g/mol. The van der Waals surface area contributed by atoms with Crippen molar-refractivity contribution in [2.24, 2.45) is 5.92 Å². The highest BCUT2D eigenvalue weighted by Crippen LogP contribution is 2.33. The molecule has 0 heterocycles. The average Bonchev–Trinajstić information content (AvgIpc) is 2.29. The number of ketones is 2. The Morgan fingerprint density at radius 2 is 1.88 bits per heavy atom. The third kappa shape index (κ3) is 1.87. The Kier molecular flexibility index (Phi) is 2.82. The fourth-order valence-electron chi connectivity index (χ4n) is 2.14. The van der Waals surface area contributed by atoms with E-state index in [1.54, 1.807) is 0 Å². The van der Waals surface area contributed by atoms with Crippen LogP contribution in [0.3, 0.4) is 0 Å². The molecule has 0 aliphatic heterocycles. The summed E-state index contributed by atoms with van der Waals surface area (Å²) in [4.78, 5) is 23.0. The molecule has 1 aromatic rings. The highest BCUT2D eigenvalue weighted by atomic mass is 16.1. The van der Waals surface area contributed by atoms with Crippen LogP contribution >= 0.6 is 0 Å². The molecule has 3 heteroatoms. The molecule has 3 nitrogen and oxygen atoms in total. The van der Waals surface area contributed by atoms with Gasteiger partial charge >= 0.3 is 0 Å².